The Labute approximate surface area is 112 Å². The topological polar surface area (TPSA) is 24.5 Å². The molecule has 1 N–H and O–H groups in total. The molecule has 0 saturated carbocycles. The van der Waals surface area contributed by atoms with Crippen molar-refractivity contribution in [2.45, 2.75) is 52.0 Å². The number of rotatable bonds is 6. The molecule has 0 aromatic rings. The van der Waals surface area contributed by atoms with Crippen molar-refractivity contribution in [2.24, 2.45) is 5.41 Å². The highest BCUT2D eigenvalue weighted by Crippen LogP contribution is 2.35. The van der Waals surface area contributed by atoms with Gasteiger partial charge in [-0.1, -0.05) is 6.92 Å². The molecule has 0 amide bonds. The first kappa shape index (κ1) is 14.3. The van der Waals surface area contributed by atoms with Gasteiger partial charge in [0.1, 0.15) is 0 Å². The van der Waals surface area contributed by atoms with E-state index in [-0.39, 0.29) is 0 Å². The fourth-order valence-electron chi connectivity index (χ4n) is 3.36. The Balaban J connectivity index is 1.93. The van der Waals surface area contributed by atoms with Crippen molar-refractivity contribution < 1.29 is 4.74 Å². The monoisotopic (exact) mass is 254 g/mol. The van der Waals surface area contributed by atoms with Gasteiger partial charge < -0.3 is 10.1 Å². The van der Waals surface area contributed by atoms with Crippen molar-refractivity contribution in [3.63, 3.8) is 0 Å². The fraction of sp³-hybridized carbons (Fsp3) is 1.00. The third-order valence-corrected chi connectivity index (χ3v) is 4.71. The molecule has 0 aromatic carbocycles. The summed E-state index contributed by atoms with van der Waals surface area (Å²) in [5, 5.41) is 3.61. The third-order valence-electron chi connectivity index (χ3n) is 4.71. The zero-order valence-electron chi connectivity index (χ0n) is 12.4. The average Bonchev–Trinajstić information content (AvgIpc) is 2.89. The van der Waals surface area contributed by atoms with E-state index in [1.807, 2.05) is 0 Å². The molecule has 0 aliphatic carbocycles. The number of ether oxygens (including phenoxy) is 1. The molecule has 106 valence electrons. The van der Waals surface area contributed by atoms with E-state index in [0.717, 1.165) is 26.3 Å². The maximum absolute atomic E-state index is 5.70. The van der Waals surface area contributed by atoms with Crippen LogP contribution in [-0.4, -0.2) is 49.8 Å². The molecular weight excluding hydrogens is 224 g/mol. The van der Waals surface area contributed by atoms with E-state index in [9.17, 15) is 0 Å². The Bertz CT molecular complexity index is 259. The summed E-state index contributed by atoms with van der Waals surface area (Å²) in [6.07, 6.45) is 5.13. The van der Waals surface area contributed by atoms with Crippen LogP contribution in [0.1, 0.15) is 46.5 Å². The number of nitrogens with one attached hydrogen (secondary N) is 1. The Morgan fingerprint density at radius 3 is 2.67 bits per heavy atom. The van der Waals surface area contributed by atoms with Gasteiger partial charge in [0.25, 0.3) is 0 Å². The summed E-state index contributed by atoms with van der Waals surface area (Å²) in [6.45, 7) is 13.6. The minimum absolute atomic E-state index is 0.358. The van der Waals surface area contributed by atoms with Gasteiger partial charge in [-0.05, 0) is 52.6 Å². The van der Waals surface area contributed by atoms with Crippen LogP contribution in [0.5, 0.6) is 0 Å². The highest BCUT2D eigenvalue weighted by molar-refractivity contribution is 4.95. The van der Waals surface area contributed by atoms with E-state index in [2.05, 4.69) is 31.0 Å². The van der Waals surface area contributed by atoms with Crippen LogP contribution in [0.15, 0.2) is 0 Å². The van der Waals surface area contributed by atoms with Gasteiger partial charge in [0, 0.05) is 30.7 Å². The zero-order chi connectivity index (χ0) is 13.1. The molecule has 0 bridgehead atoms. The summed E-state index contributed by atoms with van der Waals surface area (Å²) in [5.41, 5.74) is 0.747. The lowest BCUT2D eigenvalue weighted by atomic mass is 9.85. The normalized spacial score (nSPS) is 32.2. The van der Waals surface area contributed by atoms with Crippen molar-refractivity contribution in [1.29, 1.82) is 0 Å². The molecular formula is C15H30N2O. The summed E-state index contributed by atoms with van der Waals surface area (Å²) in [4.78, 5) is 2.69. The minimum atomic E-state index is 0.358. The molecule has 3 nitrogen and oxygen atoms in total. The van der Waals surface area contributed by atoms with Crippen molar-refractivity contribution in [3.8, 4) is 0 Å². The molecule has 0 aromatic heterocycles. The maximum Gasteiger partial charge on any atom is 0.0547 e. The molecule has 2 saturated heterocycles. The quantitative estimate of drug-likeness (QED) is 0.736. The van der Waals surface area contributed by atoms with Crippen molar-refractivity contribution in [3.05, 3.63) is 0 Å². The predicted molar refractivity (Wildman–Crippen MR) is 75.9 cm³/mol. The maximum atomic E-state index is 5.70. The van der Waals surface area contributed by atoms with Crippen LogP contribution in [0.2, 0.25) is 0 Å². The Morgan fingerprint density at radius 1 is 1.28 bits per heavy atom. The molecule has 0 radical (unpaired) electrons. The first-order valence-electron chi connectivity index (χ1n) is 7.62. The Kier molecular flexibility index (Phi) is 4.68. The van der Waals surface area contributed by atoms with Crippen LogP contribution in [0.25, 0.3) is 0 Å². The molecule has 1 unspecified atom stereocenters. The lowest BCUT2D eigenvalue weighted by molar-refractivity contribution is 0.0763. The van der Waals surface area contributed by atoms with E-state index in [1.165, 1.54) is 38.8 Å². The van der Waals surface area contributed by atoms with Crippen LogP contribution in [-0.2, 0) is 4.74 Å². The first-order chi connectivity index (χ1) is 8.58. The van der Waals surface area contributed by atoms with E-state index >= 15 is 0 Å². The molecule has 2 rings (SSSR count). The fourth-order valence-corrected chi connectivity index (χ4v) is 3.36. The lowest BCUT2D eigenvalue weighted by Gasteiger charge is -2.39. The van der Waals surface area contributed by atoms with Gasteiger partial charge in [0.15, 0.2) is 0 Å². The largest absolute Gasteiger partial charge is 0.381 e. The Hall–Kier alpha value is -0.120. The molecule has 2 aliphatic rings. The smallest absolute Gasteiger partial charge is 0.0547 e. The molecule has 2 fully saturated rings. The molecule has 1 atom stereocenters. The molecule has 2 heterocycles. The summed E-state index contributed by atoms with van der Waals surface area (Å²) < 4.78 is 5.70. The second-order valence-electron chi connectivity index (χ2n) is 6.82. The lowest BCUT2D eigenvalue weighted by Crippen LogP contribution is -2.49. The number of hydrogen-bond donors (Lipinski definition) is 1. The van der Waals surface area contributed by atoms with Crippen LogP contribution in [0, 0.1) is 5.41 Å². The summed E-state index contributed by atoms with van der Waals surface area (Å²) in [5.74, 6) is 0. The predicted octanol–water partition coefficient (Wildman–Crippen LogP) is 2.27. The summed E-state index contributed by atoms with van der Waals surface area (Å²) in [6, 6.07) is 0. The van der Waals surface area contributed by atoms with E-state index in [0.29, 0.717) is 11.0 Å². The van der Waals surface area contributed by atoms with E-state index in [1.54, 1.807) is 0 Å². The van der Waals surface area contributed by atoms with Crippen LogP contribution in [0.3, 0.4) is 0 Å². The SMILES string of the molecule is CCCNCC1(CN2CCCC2(C)C)CCOC1. The van der Waals surface area contributed by atoms with Gasteiger partial charge in [0.05, 0.1) is 6.61 Å². The molecule has 18 heavy (non-hydrogen) atoms. The Morgan fingerprint density at radius 2 is 2.11 bits per heavy atom. The molecule has 0 spiro atoms. The second kappa shape index (κ2) is 5.89. The van der Waals surface area contributed by atoms with Crippen molar-refractivity contribution in [2.75, 3.05) is 39.4 Å². The summed E-state index contributed by atoms with van der Waals surface area (Å²) >= 11 is 0. The number of likely N-dealkylation sites (tertiary alicyclic amines) is 1. The number of hydrogen-bond acceptors (Lipinski definition) is 3. The molecule has 2 aliphatic heterocycles. The summed E-state index contributed by atoms with van der Waals surface area (Å²) in [7, 11) is 0. The van der Waals surface area contributed by atoms with Crippen LogP contribution < -0.4 is 5.32 Å². The van der Waals surface area contributed by atoms with Crippen molar-refractivity contribution in [1.82, 2.24) is 10.2 Å². The van der Waals surface area contributed by atoms with Gasteiger partial charge in [-0.3, -0.25) is 4.90 Å². The third kappa shape index (κ3) is 3.25. The number of nitrogens with zero attached hydrogens (tertiary/aromatic N) is 1. The van der Waals surface area contributed by atoms with Crippen molar-refractivity contribution >= 4 is 0 Å². The standard InChI is InChI=1S/C15H30N2O/c1-4-8-16-11-15(7-10-18-13-15)12-17-9-5-6-14(17,2)3/h16H,4-13H2,1-3H3. The minimum Gasteiger partial charge on any atom is -0.381 e. The van der Waals surface area contributed by atoms with E-state index < -0.39 is 0 Å². The van der Waals surface area contributed by atoms with E-state index in [4.69, 9.17) is 4.74 Å². The van der Waals surface area contributed by atoms with Gasteiger partial charge in [-0.15, -0.1) is 0 Å². The second-order valence-corrected chi connectivity index (χ2v) is 6.82. The molecule has 3 heteroatoms. The van der Waals surface area contributed by atoms with Gasteiger partial charge in [0.2, 0.25) is 0 Å². The van der Waals surface area contributed by atoms with Gasteiger partial charge in [-0.2, -0.15) is 0 Å². The zero-order valence-corrected chi connectivity index (χ0v) is 12.4. The first-order valence-corrected chi connectivity index (χ1v) is 7.62. The van der Waals surface area contributed by atoms with Crippen LogP contribution >= 0.6 is 0 Å². The highest BCUT2D eigenvalue weighted by atomic mass is 16.5. The van der Waals surface area contributed by atoms with Crippen LogP contribution in [0.4, 0.5) is 0 Å². The average molecular weight is 254 g/mol. The van der Waals surface area contributed by atoms with Gasteiger partial charge in [-0.25, -0.2) is 0 Å². The van der Waals surface area contributed by atoms with Gasteiger partial charge >= 0.3 is 0 Å². The highest BCUT2D eigenvalue weighted by Gasteiger charge is 2.41.